The summed E-state index contributed by atoms with van der Waals surface area (Å²) in [7, 11) is 0. The van der Waals surface area contributed by atoms with Crippen molar-refractivity contribution < 1.29 is 9.59 Å². The van der Waals surface area contributed by atoms with Crippen LogP contribution in [-0.2, 0) is 16.0 Å². The molecule has 1 aromatic carbocycles. The fourth-order valence-corrected chi connectivity index (χ4v) is 3.55. The van der Waals surface area contributed by atoms with E-state index in [1.165, 1.54) is 5.56 Å². The van der Waals surface area contributed by atoms with Crippen molar-refractivity contribution >= 4 is 11.8 Å². The summed E-state index contributed by atoms with van der Waals surface area (Å²) in [5, 5.41) is 0. The van der Waals surface area contributed by atoms with Crippen molar-refractivity contribution in [2.75, 3.05) is 26.2 Å². The molecule has 1 heterocycles. The Bertz CT molecular complexity index is 602. The quantitative estimate of drug-likeness (QED) is 0.716. The van der Waals surface area contributed by atoms with Gasteiger partial charge in [0, 0.05) is 38.0 Å². The molecule has 0 bridgehead atoms. The van der Waals surface area contributed by atoms with Crippen molar-refractivity contribution in [3.05, 3.63) is 48.6 Å². The molecule has 0 unspecified atom stereocenters. The molecule has 2 amide bonds. The summed E-state index contributed by atoms with van der Waals surface area (Å²) in [4.78, 5) is 28.9. The molecule has 4 nitrogen and oxygen atoms in total. The van der Waals surface area contributed by atoms with Gasteiger partial charge >= 0.3 is 0 Å². The van der Waals surface area contributed by atoms with E-state index in [0.29, 0.717) is 12.5 Å². The smallest absolute Gasteiger partial charge is 0.226 e. The highest BCUT2D eigenvalue weighted by Crippen LogP contribution is 2.32. The number of carbonyl (C=O) groups is 2. The van der Waals surface area contributed by atoms with Crippen molar-refractivity contribution in [3.63, 3.8) is 0 Å². The molecule has 0 radical (unpaired) electrons. The molecule has 0 spiro atoms. The summed E-state index contributed by atoms with van der Waals surface area (Å²) in [6.07, 6.45) is 6.33. The Morgan fingerprint density at radius 3 is 2.36 bits per heavy atom. The number of hydrogen-bond acceptors (Lipinski definition) is 2. The SMILES string of the molecule is C=CCN(CCc1ccccc1)C(=O)C1CCN(C(=O)C2CC2)CC1. The molecular weight excluding hydrogens is 312 g/mol. The molecule has 1 aliphatic carbocycles. The second-order valence-corrected chi connectivity index (χ2v) is 7.18. The maximum Gasteiger partial charge on any atom is 0.226 e. The van der Waals surface area contributed by atoms with Crippen LogP contribution in [0.4, 0.5) is 0 Å². The maximum absolute atomic E-state index is 12.9. The molecule has 25 heavy (non-hydrogen) atoms. The van der Waals surface area contributed by atoms with E-state index in [9.17, 15) is 9.59 Å². The van der Waals surface area contributed by atoms with Crippen LogP contribution < -0.4 is 0 Å². The highest BCUT2D eigenvalue weighted by atomic mass is 16.2. The number of benzene rings is 1. The van der Waals surface area contributed by atoms with Crippen molar-refractivity contribution in [1.82, 2.24) is 9.80 Å². The number of nitrogens with zero attached hydrogens (tertiary/aromatic N) is 2. The Morgan fingerprint density at radius 2 is 1.76 bits per heavy atom. The van der Waals surface area contributed by atoms with Crippen molar-refractivity contribution in [2.45, 2.75) is 32.1 Å². The van der Waals surface area contributed by atoms with Gasteiger partial charge in [-0.2, -0.15) is 0 Å². The van der Waals surface area contributed by atoms with Crippen LogP contribution >= 0.6 is 0 Å². The first-order valence-corrected chi connectivity index (χ1v) is 9.41. The first-order chi connectivity index (χ1) is 12.2. The van der Waals surface area contributed by atoms with Crippen LogP contribution in [0.25, 0.3) is 0 Å². The molecule has 4 heteroatoms. The van der Waals surface area contributed by atoms with E-state index >= 15 is 0 Å². The average molecular weight is 340 g/mol. The highest BCUT2D eigenvalue weighted by molar-refractivity contribution is 5.82. The second-order valence-electron chi connectivity index (χ2n) is 7.18. The van der Waals surface area contributed by atoms with Crippen LogP contribution in [0.5, 0.6) is 0 Å². The lowest BCUT2D eigenvalue weighted by Crippen LogP contribution is -2.45. The molecule has 1 saturated carbocycles. The minimum absolute atomic E-state index is 0.0407. The normalized spacial score (nSPS) is 18.0. The van der Waals surface area contributed by atoms with E-state index in [1.807, 2.05) is 28.0 Å². The lowest BCUT2D eigenvalue weighted by Gasteiger charge is -2.34. The third kappa shape index (κ3) is 4.71. The summed E-state index contributed by atoms with van der Waals surface area (Å²) < 4.78 is 0. The molecule has 2 fully saturated rings. The predicted octanol–water partition coefficient (Wildman–Crippen LogP) is 2.89. The third-order valence-corrected chi connectivity index (χ3v) is 5.26. The third-order valence-electron chi connectivity index (χ3n) is 5.26. The van der Waals surface area contributed by atoms with Crippen LogP contribution in [0.3, 0.4) is 0 Å². The molecule has 0 N–H and O–H groups in total. The van der Waals surface area contributed by atoms with E-state index in [2.05, 4.69) is 18.7 Å². The number of likely N-dealkylation sites (tertiary alicyclic amines) is 1. The largest absolute Gasteiger partial charge is 0.342 e. The van der Waals surface area contributed by atoms with Gasteiger partial charge in [-0.1, -0.05) is 36.4 Å². The van der Waals surface area contributed by atoms with Gasteiger partial charge in [-0.15, -0.1) is 6.58 Å². The highest BCUT2D eigenvalue weighted by Gasteiger charge is 2.36. The first-order valence-electron chi connectivity index (χ1n) is 9.41. The summed E-state index contributed by atoms with van der Waals surface area (Å²) in [5.74, 6) is 0.835. The fraction of sp³-hybridized carbons (Fsp3) is 0.524. The zero-order valence-electron chi connectivity index (χ0n) is 14.9. The number of carbonyl (C=O) groups excluding carboxylic acids is 2. The zero-order valence-corrected chi connectivity index (χ0v) is 14.9. The van der Waals surface area contributed by atoms with Crippen molar-refractivity contribution in [1.29, 1.82) is 0 Å². The van der Waals surface area contributed by atoms with Gasteiger partial charge in [-0.3, -0.25) is 9.59 Å². The number of amides is 2. The molecule has 1 aromatic rings. The number of piperidine rings is 1. The second kappa shape index (κ2) is 8.32. The van der Waals surface area contributed by atoms with Crippen LogP contribution in [0.15, 0.2) is 43.0 Å². The summed E-state index contributed by atoms with van der Waals surface area (Å²) in [5.41, 5.74) is 1.24. The van der Waals surface area contributed by atoms with Crippen molar-refractivity contribution in [3.8, 4) is 0 Å². The Morgan fingerprint density at radius 1 is 1.08 bits per heavy atom. The van der Waals surface area contributed by atoms with Crippen LogP contribution in [0.2, 0.25) is 0 Å². The minimum atomic E-state index is 0.0407. The van der Waals surface area contributed by atoms with E-state index in [4.69, 9.17) is 0 Å². The molecule has 1 aliphatic heterocycles. The van der Waals surface area contributed by atoms with E-state index < -0.39 is 0 Å². The maximum atomic E-state index is 12.9. The minimum Gasteiger partial charge on any atom is -0.342 e. The molecule has 134 valence electrons. The van der Waals surface area contributed by atoms with E-state index in [0.717, 1.165) is 51.7 Å². The number of rotatable bonds is 7. The van der Waals surface area contributed by atoms with Gasteiger partial charge in [0.05, 0.1) is 0 Å². The van der Waals surface area contributed by atoms with E-state index in [1.54, 1.807) is 6.08 Å². The zero-order chi connectivity index (χ0) is 17.6. The predicted molar refractivity (Wildman–Crippen MR) is 99.0 cm³/mol. The van der Waals surface area contributed by atoms with Gasteiger partial charge in [-0.25, -0.2) is 0 Å². The molecular formula is C21H28N2O2. The Labute approximate surface area is 150 Å². The molecule has 0 atom stereocenters. The average Bonchev–Trinajstić information content (AvgIpc) is 3.50. The van der Waals surface area contributed by atoms with E-state index in [-0.39, 0.29) is 17.7 Å². The van der Waals surface area contributed by atoms with Gasteiger partial charge in [0.25, 0.3) is 0 Å². The summed E-state index contributed by atoms with van der Waals surface area (Å²) in [6.45, 7) is 6.56. The van der Waals surface area contributed by atoms with Crippen molar-refractivity contribution in [2.24, 2.45) is 11.8 Å². The van der Waals surface area contributed by atoms with Gasteiger partial charge in [0.2, 0.25) is 11.8 Å². The Kier molecular flexibility index (Phi) is 5.90. The monoisotopic (exact) mass is 340 g/mol. The van der Waals surface area contributed by atoms with Gasteiger partial charge < -0.3 is 9.80 Å². The number of hydrogen-bond donors (Lipinski definition) is 0. The summed E-state index contributed by atoms with van der Waals surface area (Å²) in [6, 6.07) is 10.3. The van der Waals surface area contributed by atoms with Gasteiger partial charge in [0.1, 0.15) is 0 Å². The lowest BCUT2D eigenvalue weighted by molar-refractivity contribution is -0.141. The molecule has 0 aromatic heterocycles. The van der Waals surface area contributed by atoms with Gasteiger partial charge in [0.15, 0.2) is 0 Å². The van der Waals surface area contributed by atoms with Gasteiger partial charge in [-0.05, 0) is 37.7 Å². The van der Waals surface area contributed by atoms with Crippen LogP contribution in [0.1, 0.15) is 31.2 Å². The van der Waals surface area contributed by atoms with Crippen LogP contribution in [-0.4, -0.2) is 47.8 Å². The standard InChI is InChI=1S/C21H28N2O2/c1-2-13-22(14-10-17-6-4-3-5-7-17)21(25)19-11-15-23(16-12-19)20(24)18-8-9-18/h2-7,18-19H,1,8-16H2. The summed E-state index contributed by atoms with van der Waals surface area (Å²) >= 11 is 0. The fourth-order valence-electron chi connectivity index (χ4n) is 3.55. The molecule has 1 saturated heterocycles. The Hall–Kier alpha value is -2.10. The lowest BCUT2D eigenvalue weighted by atomic mass is 9.94. The van der Waals surface area contributed by atoms with Crippen LogP contribution in [0, 0.1) is 11.8 Å². The Balaban J connectivity index is 1.51. The first kappa shape index (κ1) is 17.7. The topological polar surface area (TPSA) is 40.6 Å². The molecule has 3 rings (SSSR count). The molecule has 2 aliphatic rings.